The van der Waals surface area contributed by atoms with E-state index in [2.05, 4.69) is 15.0 Å². The number of benzene rings is 1. The number of fused-ring (bicyclic) bond motifs is 1. The average Bonchev–Trinajstić information content (AvgIpc) is 3.66. The molecule has 0 amide bonds. The summed E-state index contributed by atoms with van der Waals surface area (Å²) in [5.41, 5.74) is 1.02. The topological polar surface area (TPSA) is 120 Å². The quantitative estimate of drug-likeness (QED) is 0.0705. The summed E-state index contributed by atoms with van der Waals surface area (Å²) in [6.45, 7) is 9.17. The number of nitrogens with zero attached hydrogens (tertiary/aromatic N) is 4. The van der Waals surface area contributed by atoms with Gasteiger partial charge in [0.15, 0.2) is 5.78 Å². The van der Waals surface area contributed by atoms with Crippen LogP contribution < -0.4 is 0 Å². The van der Waals surface area contributed by atoms with Crippen molar-refractivity contribution in [3.05, 3.63) is 57.9 Å². The van der Waals surface area contributed by atoms with Crippen molar-refractivity contribution in [3.63, 3.8) is 0 Å². The largest absolute Gasteiger partial charge is 0.379 e. The lowest BCUT2D eigenvalue weighted by Crippen LogP contribution is -2.54. The zero-order chi connectivity index (χ0) is 29.4. The van der Waals surface area contributed by atoms with Crippen LogP contribution in [0.5, 0.6) is 0 Å². The van der Waals surface area contributed by atoms with Crippen molar-refractivity contribution >= 4 is 51.6 Å². The number of aliphatic imine (C=N–C) groups is 1. The van der Waals surface area contributed by atoms with Crippen LogP contribution in [0.1, 0.15) is 70.4 Å². The zero-order valence-electron chi connectivity index (χ0n) is 23.6. The van der Waals surface area contributed by atoms with E-state index >= 15 is 0 Å². The Kier molecular flexibility index (Phi) is 10.1. The summed E-state index contributed by atoms with van der Waals surface area (Å²) in [7, 11) is 0. The first-order valence-electron chi connectivity index (χ1n) is 13.7. The minimum absolute atomic E-state index is 0.0431. The van der Waals surface area contributed by atoms with E-state index < -0.39 is 17.3 Å². The van der Waals surface area contributed by atoms with Gasteiger partial charge in [-0.3, -0.25) is 14.5 Å². The molecule has 41 heavy (non-hydrogen) atoms. The van der Waals surface area contributed by atoms with Gasteiger partial charge in [-0.25, -0.2) is 14.6 Å². The predicted molar refractivity (Wildman–Crippen MR) is 157 cm³/mol. The highest BCUT2D eigenvalue weighted by molar-refractivity contribution is 7.11. The fraction of sp³-hybridized carbons (Fsp3) is 0.433. The van der Waals surface area contributed by atoms with Gasteiger partial charge in [0.1, 0.15) is 10.6 Å². The third-order valence-electron chi connectivity index (χ3n) is 7.31. The molecule has 1 fully saturated rings. The number of ether oxygens (including phenoxy) is 1. The molecule has 0 bridgehead atoms. The van der Waals surface area contributed by atoms with Crippen molar-refractivity contribution in [2.75, 3.05) is 32.8 Å². The first kappa shape index (κ1) is 30.2. The number of morpholine rings is 1. The van der Waals surface area contributed by atoms with Gasteiger partial charge in [0.2, 0.25) is 11.9 Å². The molecule has 1 aliphatic heterocycles. The third kappa shape index (κ3) is 6.94. The molecule has 0 saturated carbocycles. The summed E-state index contributed by atoms with van der Waals surface area (Å²) in [6.07, 6.45) is 4.50. The number of hydrogen-bond donors (Lipinski definition) is 0. The summed E-state index contributed by atoms with van der Waals surface area (Å²) in [5, 5.41) is 6.37. The molecule has 11 heteroatoms. The van der Waals surface area contributed by atoms with Gasteiger partial charge in [-0.1, -0.05) is 11.2 Å². The fourth-order valence-electron chi connectivity index (χ4n) is 4.92. The van der Waals surface area contributed by atoms with Gasteiger partial charge >= 0.3 is 5.97 Å². The molecule has 0 N–H and O–H groups in total. The van der Waals surface area contributed by atoms with E-state index in [9.17, 15) is 19.2 Å². The molecule has 3 heterocycles. The number of rotatable bonds is 13. The van der Waals surface area contributed by atoms with Crippen LogP contribution >= 0.6 is 11.3 Å². The molecule has 2 aromatic heterocycles. The number of carbonyl (C=O) groups excluding carboxylic acids is 4. The summed E-state index contributed by atoms with van der Waals surface area (Å²) in [4.78, 5) is 61.7. The number of isocyanates is 1. The average molecular weight is 579 g/mol. The van der Waals surface area contributed by atoms with Crippen molar-refractivity contribution in [1.82, 2.24) is 9.47 Å². The minimum Gasteiger partial charge on any atom is -0.379 e. The molecule has 0 aliphatic carbocycles. The number of thiophene rings is 1. The van der Waals surface area contributed by atoms with Gasteiger partial charge in [-0.2, -0.15) is 0 Å². The van der Waals surface area contributed by atoms with Crippen LogP contribution in [-0.4, -0.2) is 77.2 Å². The second kappa shape index (κ2) is 13.7. The highest BCUT2D eigenvalue weighted by Gasteiger charge is 2.36. The highest BCUT2D eigenvalue weighted by atomic mass is 32.1. The molecule has 1 aliphatic rings. The Bertz CT molecular complexity index is 1480. The maximum absolute atomic E-state index is 13.9. The summed E-state index contributed by atoms with van der Waals surface area (Å²) in [6, 6.07) is 8.78. The fourth-order valence-corrected chi connectivity index (χ4v) is 5.52. The van der Waals surface area contributed by atoms with Crippen molar-refractivity contribution in [2.45, 2.75) is 52.1 Å². The van der Waals surface area contributed by atoms with E-state index in [1.54, 1.807) is 35.8 Å². The molecule has 10 nitrogen and oxygen atoms in total. The van der Waals surface area contributed by atoms with Crippen LogP contribution in [0.2, 0.25) is 0 Å². The van der Waals surface area contributed by atoms with E-state index in [-0.39, 0.29) is 24.5 Å². The van der Waals surface area contributed by atoms with Crippen molar-refractivity contribution in [3.8, 4) is 0 Å². The number of aromatic nitrogens is 1. The number of aryl methyl sites for hydroxylation is 1. The van der Waals surface area contributed by atoms with E-state index in [1.807, 2.05) is 31.4 Å². The second-order valence-corrected chi connectivity index (χ2v) is 11.1. The molecule has 216 valence electrons. The molecular formula is C30H34N4O6S. The first-order chi connectivity index (χ1) is 19.8. The highest BCUT2D eigenvalue weighted by Crippen LogP contribution is 2.28. The van der Waals surface area contributed by atoms with Crippen LogP contribution in [0, 0.1) is 0 Å². The standard InChI is InChI=1S/C30H34N4O6S/c1-4-33-19-23(22-18-21(10-11-25(22)33)28(37)30(2,3)34-13-15-39-16-14-34)27(36)24(8-5-6-12-31-20-35)32-40-29(38)26-9-7-17-41-26/h7,9-11,17-19H,4-6,8,12-16H2,1-3H3/b32-24+. The molecule has 1 saturated heterocycles. The number of hydrogen-bond acceptors (Lipinski definition) is 10. The Hall–Kier alpha value is -3.76. The van der Waals surface area contributed by atoms with E-state index in [0.717, 1.165) is 5.52 Å². The van der Waals surface area contributed by atoms with Gasteiger partial charge < -0.3 is 14.1 Å². The van der Waals surface area contributed by atoms with Gasteiger partial charge in [-0.15, -0.1) is 11.3 Å². The second-order valence-electron chi connectivity index (χ2n) is 10.2. The smallest absolute Gasteiger partial charge is 0.375 e. The Balaban J connectivity index is 1.67. The lowest BCUT2D eigenvalue weighted by molar-refractivity contribution is -0.00429. The van der Waals surface area contributed by atoms with Crippen LogP contribution in [-0.2, 0) is 20.9 Å². The van der Waals surface area contributed by atoms with Crippen molar-refractivity contribution in [1.29, 1.82) is 0 Å². The number of carbonyl (C=O) groups is 3. The lowest BCUT2D eigenvalue weighted by Gasteiger charge is -2.39. The molecule has 0 spiro atoms. The molecule has 1 aromatic carbocycles. The normalized spacial score (nSPS) is 14.6. The van der Waals surface area contributed by atoms with Gasteiger partial charge in [0, 0.05) is 47.9 Å². The van der Waals surface area contributed by atoms with Gasteiger partial charge in [0.25, 0.3) is 0 Å². The van der Waals surface area contributed by atoms with Gasteiger partial charge in [0.05, 0.1) is 25.3 Å². The van der Waals surface area contributed by atoms with Gasteiger partial charge in [-0.05, 0) is 69.7 Å². The number of Topliss-reactive ketones (excluding diaryl/α,β-unsaturated/α-hetero) is 2. The summed E-state index contributed by atoms with van der Waals surface area (Å²) < 4.78 is 7.41. The molecule has 0 radical (unpaired) electrons. The number of unbranched alkanes of at least 4 members (excludes halogenated alkanes) is 1. The Labute approximate surface area is 242 Å². The van der Waals surface area contributed by atoms with E-state index in [1.165, 1.54) is 17.4 Å². The number of ketones is 2. The molecule has 0 atom stereocenters. The third-order valence-corrected chi connectivity index (χ3v) is 8.16. The predicted octanol–water partition coefficient (Wildman–Crippen LogP) is 4.92. The van der Waals surface area contributed by atoms with E-state index in [4.69, 9.17) is 9.57 Å². The monoisotopic (exact) mass is 578 g/mol. The number of oxime groups is 1. The minimum atomic E-state index is -0.748. The first-order valence-corrected chi connectivity index (χ1v) is 14.6. The Morgan fingerprint density at radius 2 is 1.93 bits per heavy atom. The zero-order valence-corrected chi connectivity index (χ0v) is 24.4. The van der Waals surface area contributed by atoms with Crippen molar-refractivity contribution in [2.24, 2.45) is 10.1 Å². The molecule has 0 unspecified atom stereocenters. The van der Waals surface area contributed by atoms with Crippen LogP contribution in [0.3, 0.4) is 0 Å². The lowest BCUT2D eigenvalue weighted by atomic mass is 9.89. The van der Waals surface area contributed by atoms with E-state index in [0.29, 0.717) is 67.1 Å². The van der Waals surface area contributed by atoms with Crippen LogP contribution in [0.15, 0.2) is 52.1 Å². The summed E-state index contributed by atoms with van der Waals surface area (Å²) >= 11 is 1.22. The Morgan fingerprint density at radius 3 is 2.61 bits per heavy atom. The molecular weight excluding hydrogens is 544 g/mol. The Morgan fingerprint density at radius 1 is 1.15 bits per heavy atom. The maximum Gasteiger partial charge on any atom is 0.375 e. The molecule has 3 aromatic rings. The van der Waals surface area contributed by atoms with Crippen LogP contribution in [0.4, 0.5) is 0 Å². The SMILES string of the molecule is CCn1cc(C(=O)/C(CCCCN=C=O)=N/OC(=O)c2cccs2)c2cc(C(=O)C(C)(C)N3CCOCC3)ccc21. The van der Waals surface area contributed by atoms with Crippen molar-refractivity contribution < 1.29 is 28.8 Å². The summed E-state index contributed by atoms with van der Waals surface area (Å²) in [5.74, 6) is -1.08. The maximum atomic E-state index is 13.9. The van der Waals surface area contributed by atoms with Crippen LogP contribution in [0.25, 0.3) is 10.9 Å². The molecule has 4 rings (SSSR count).